The molecule has 1 amide bonds. The van der Waals surface area contributed by atoms with Crippen LogP contribution in [0.3, 0.4) is 0 Å². The Morgan fingerprint density at radius 3 is 2.70 bits per heavy atom. The van der Waals surface area contributed by atoms with Crippen LogP contribution in [0, 0.1) is 0 Å². The lowest BCUT2D eigenvalue weighted by molar-refractivity contribution is -0.140. The minimum absolute atomic E-state index is 0.0117. The number of rotatable bonds is 10. The number of allylic oxidation sites excluding steroid dienone is 2. The molecule has 12 heteroatoms. The van der Waals surface area contributed by atoms with E-state index in [1.807, 2.05) is 19.9 Å². The van der Waals surface area contributed by atoms with Crippen LogP contribution in [0.5, 0.6) is 5.75 Å². The van der Waals surface area contributed by atoms with Crippen molar-refractivity contribution in [3.63, 3.8) is 0 Å². The molecule has 0 unspecified atom stereocenters. The normalized spacial score (nSPS) is 12.8. The second-order valence-electron chi connectivity index (χ2n) is 7.91. The molecule has 1 aromatic carbocycles. The van der Waals surface area contributed by atoms with Crippen molar-refractivity contribution < 1.29 is 27.1 Å². The van der Waals surface area contributed by atoms with Gasteiger partial charge in [0.1, 0.15) is 22.8 Å². The highest BCUT2D eigenvalue weighted by atomic mass is 19.4. The van der Waals surface area contributed by atoms with Gasteiger partial charge in [-0.05, 0) is 44.2 Å². The number of aliphatic imine (C=N–C) groups is 1. The fourth-order valence-corrected chi connectivity index (χ4v) is 3.41. The van der Waals surface area contributed by atoms with E-state index in [1.54, 1.807) is 18.4 Å². The number of ether oxygens (including phenoxy) is 1. The van der Waals surface area contributed by atoms with Crippen molar-refractivity contribution in [1.82, 2.24) is 20.6 Å². The summed E-state index contributed by atoms with van der Waals surface area (Å²) in [6.07, 6.45) is 0.542. The van der Waals surface area contributed by atoms with Crippen molar-refractivity contribution in [2.24, 2.45) is 10.7 Å². The van der Waals surface area contributed by atoms with E-state index < -0.39 is 17.8 Å². The molecule has 9 nitrogen and oxygen atoms in total. The fraction of sp³-hybridized carbons (Fsp3) is 0.280. The molecule has 0 aliphatic heterocycles. The molecule has 0 saturated carbocycles. The molecule has 37 heavy (non-hydrogen) atoms. The van der Waals surface area contributed by atoms with Gasteiger partial charge in [0.25, 0.3) is 5.91 Å². The number of hydrogen-bond donors (Lipinski definition) is 3. The van der Waals surface area contributed by atoms with Gasteiger partial charge in [-0.3, -0.25) is 4.79 Å². The van der Waals surface area contributed by atoms with E-state index >= 15 is 0 Å². The van der Waals surface area contributed by atoms with Gasteiger partial charge in [-0.15, -0.1) is 0 Å². The van der Waals surface area contributed by atoms with Crippen molar-refractivity contribution in [3.8, 4) is 17.2 Å². The van der Waals surface area contributed by atoms with Gasteiger partial charge >= 0.3 is 6.18 Å². The lowest BCUT2D eigenvalue weighted by Gasteiger charge is -2.15. The molecule has 0 bridgehead atoms. The average molecular weight is 517 g/mol. The van der Waals surface area contributed by atoms with Crippen LogP contribution in [0.2, 0.25) is 0 Å². The summed E-state index contributed by atoms with van der Waals surface area (Å²) in [7, 11) is 1.33. The van der Waals surface area contributed by atoms with Gasteiger partial charge in [-0.2, -0.15) is 13.2 Å². The van der Waals surface area contributed by atoms with Gasteiger partial charge in [0.15, 0.2) is 11.5 Å². The highest BCUT2D eigenvalue weighted by Gasteiger charge is 2.33. The zero-order chi connectivity index (χ0) is 27.2. The quantitative estimate of drug-likeness (QED) is 0.345. The topological polar surface area (TPSA) is 128 Å². The van der Waals surface area contributed by atoms with Crippen LogP contribution < -0.4 is 21.1 Å². The molecule has 0 aliphatic carbocycles. The molecule has 2 aromatic heterocycles. The minimum atomic E-state index is -4.63. The molecule has 3 aromatic rings. The van der Waals surface area contributed by atoms with Gasteiger partial charge in [0.05, 0.1) is 13.7 Å². The van der Waals surface area contributed by atoms with E-state index in [0.29, 0.717) is 16.8 Å². The first-order valence-electron chi connectivity index (χ1n) is 11.2. The summed E-state index contributed by atoms with van der Waals surface area (Å²) in [4.78, 5) is 25.0. The molecular formula is C25H27F3N6O3. The number of benzene rings is 1. The van der Waals surface area contributed by atoms with Crippen LogP contribution in [-0.2, 0) is 12.7 Å². The monoisotopic (exact) mass is 516 g/mol. The van der Waals surface area contributed by atoms with Crippen LogP contribution in [0.1, 0.15) is 35.8 Å². The molecule has 0 aliphatic rings. The average Bonchev–Trinajstić information content (AvgIpc) is 3.30. The van der Waals surface area contributed by atoms with E-state index in [4.69, 9.17) is 14.9 Å². The zero-order valence-electron chi connectivity index (χ0n) is 20.5. The predicted octanol–water partition coefficient (Wildman–Crippen LogP) is 4.20. The Kier molecular flexibility index (Phi) is 8.66. The maximum Gasteiger partial charge on any atom is 0.433 e. The Labute approximate surface area is 211 Å². The number of aromatic nitrogens is 2. The zero-order valence-corrected chi connectivity index (χ0v) is 20.5. The highest BCUT2D eigenvalue weighted by molar-refractivity contribution is 5.98. The first-order chi connectivity index (χ1) is 17.6. The number of nitrogens with two attached hydrogens (primary N) is 1. The number of amides is 1. The van der Waals surface area contributed by atoms with Crippen LogP contribution >= 0.6 is 0 Å². The second-order valence-corrected chi connectivity index (χ2v) is 7.91. The molecule has 2 heterocycles. The highest BCUT2D eigenvalue weighted by Crippen LogP contribution is 2.36. The van der Waals surface area contributed by atoms with Crippen molar-refractivity contribution in [1.29, 1.82) is 0 Å². The van der Waals surface area contributed by atoms with Crippen molar-refractivity contribution in [2.75, 3.05) is 13.7 Å². The van der Waals surface area contributed by atoms with E-state index in [0.717, 1.165) is 6.07 Å². The number of pyridine rings is 1. The van der Waals surface area contributed by atoms with E-state index in [-0.39, 0.29) is 47.7 Å². The summed E-state index contributed by atoms with van der Waals surface area (Å²) in [5, 5.41) is 6.09. The van der Waals surface area contributed by atoms with Gasteiger partial charge < -0.3 is 25.5 Å². The SMILES string of the molecule is C=C(/N=C\C=C/C)N[C@H](C)CNC(=O)c1nc(-c2ccc(OC)c3nc(C(F)(F)F)ccc23)oc1CN. The summed E-state index contributed by atoms with van der Waals surface area (Å²) < 4.78 is 50.6. The number of oxazole rings is 1. The first-order valence-corrected chi connectivity index (χ1v) is 11.2. The Balaban J connectivity index is 1.86. The molecule has 0 spiro atoms. The Morgan fingerprint density at radius 2 is 2.05 bits per heavy atom. The lowest BCUT2D eigenvalue weighted by atomic mass is 10.1. The Morgan fingerprint density at radius 1 is 1.30 bits per heavy atom. The van der Waals surface area contributed by atoms with Gasteiger partial charge in [-0.25, -0.2) is 15.0 Å². The van der Waals surface area contributed by atoms with Crippen LogP contribution in [-0.4, -0.2) is 41.8 Å². The van der Waals surface area contributed by atoms with Crippen LogP contribution in [0.4, 0.5) is 13.2 Å². The third-order valence-electron chi connectivity index (χ3n) is 5.15. The summed E-state index contributed by atoms with van der Waals surface area (Å²) >= 11 is 0. The van der Waals surface area contributed by atoms with E-state index in [1.165, 1.54) is 19.2 Å². The Hall–Kier alpha value is -4.19. The summed E-state index contributed by atoms with van der Waals surface area (Å²) in [5.74, 6) is 0.184. The smallest absolute Gasteiger partial charge is 0.433 e. The summed E-state index contributed by atoms with van der Waals surface area (Å²) in [6.45, 7) is 7.59. The van der Waals surface area contributed by atoms with Crippen LogP contribution in [0.25, 0.3) is 22.4 Å². The maximum absolute atomic E-state index is 13.2. The molecule has 4 N–H and O–H groups in total. The number of nitrogens with one attached hydrogen (secondary N) is 2. The Bertz CT molecular complexity index is 1350. The molecule has 0 saturated heterocycles. The third kappa shape index (κ3) is 6.53. The van der Waals surface area contributed by atoms with Crippen molar-refractivity contribution in [3.05, 3.63) is 66.0 Å². The standard InChI is InChI=1S/C25H27F3N6O3/c1-5-6-11-30-15(3)32-14(2)13-31-23(35)22-19(12-29)37-24(34-22)17-7-9-18(36-4)21-16(17)8-10-20(33-21)25(26,27)28/h5-11,14,32H,3,12-13,29H2,1-2,4H3,(H,31,35)/b6-5-,30-11-/t14-/m1/s1. The molecular weight excluding hydrogens is 489 g/mol. The van der Waals surface area contributed by atoms with Gasteiger partial charge in [0, 0.05) is 29.8 Å². The number of carbonyl (C=O) groups is 1. The summed E-state index contributed by atoms with van der Waals surface area (Å²) in [5.41, 5.74) is 4.98. The largest absolute Gasteiger partial charge is 0.494 e. The number of hydrogen-bond acceptors (Lipinski definition) is 8. The number of alkyl halides is 3. The molecule has 0 fully saturated rings. The number of methoxy groups -OCH3 is 1. The number of halogens is 3. The van der Waals surface area contributed by atoms with Gasteiger partial charge in [-0.1, -0.05) is 12.7 Å². The predicted molar refractivity (Wildman–Crippen MR) is 134 cm³/mol. The van der Waals surface area contributed by atoms with Gasteiger partial charge in [0.2, 0.25) is 5.89 Å². The van der Waals surface area contributed by atoms with E-state index in [2.05, 4.69) is 32.2 Å². The van der Waals surface area contributed by atoms with E-state index in [9.17, 15) is 18.0 Å². The van der Waals surface area contributed by atoms with Crippen LogP contribution in [0.15, 0.2) is 58.2 Å². The molecule has 1 atom stereocenters. The lowest BCUT2D eigenvalue weighted by Crippen LogP contribution is -2.38. The third-order valence-corrected chi connectivity index (χ3v) is 5.15. The van der Waals surface area contributed by atoms with Crippen molar-refractivity contribution >= 4 is 23.0 Å². The number of nitrogens with zero attached hydrogens (tertiary/aromatic N) is 3. The molecule has 196 valence electrons. The number of fused-ring (bicyclic) bond motifs is 1. The molecule has 3 rings (SSSR count). The fourth-order valence-electron chi connectivity index (χ4n) is 3.41. The summed E-state index contributed by atoms with van der Waals surface area (Å²) in [6, 6.07) is 4.93. The minimum Gasteiger partial charge on any atom is -0.494 e. The maximum atomic E-state index is 13.2. The first kappa shape index (κ1) is 27.4. The molecule has 0 radical (unpaired) electrons. The number of carbonyl (C=O) groups excluding carboxylic acids is 1. The van der Waals surface area contributed by atoms with Crippen molar-refractivity contribution in [2.45, 2.75) is 32.6 Å². The second kappa shape index (κ2) is 11.7.